The lowest BCUT2D eigenvalue weighted by molar-refractivity contribution is -0.162. The Hall–Kier alpha value is -2.35. The molecule has 4 atom stereocenters. The molecule has 0 bridgehead atoms. The van der Waals surface area contributed by atoms with E-state index in [1.165, 1.54) is 19.1 Å². The van der Waals surface area contributed by atoms with Crippen LogP contribution in [-0.4, -0.2) is 60.8 Å². The maximum atomic E-state index is 12.7. The topological polar surface area (TPSA) is 95.0 Å². The molecule has 0 aromatic heterocycles. The Morgan fingerprint density at radius 1 is 1.25 bits per heavy atom. The van der Waals surface area contributed by atoms with E-state index in [-0.39, 0.29) is 11.1 Å². The van der Waals surface area contributed by atoms with Crippen LogP contribution in [0.1, 0.15) is 38.6 Å². The SMILES string of the molecule is [2H]C([2H])([2H])[C@@]1(C)S[C@@H]2[C@H](N3C(=O)c4ccccc4C3=O)C(=O)N2[C@H]1C(=O)O. The fourth-order valence-corrected chi connectivity index (χ4v) is 5.05. The van der Waals surface area contributed by atoms with Crippen LogP contribution in [0.15, 0.2) is 24.3 Å². The molecular formula is C16H14N2O5S. The molecule has 3 aliphatic heterocycles. The van der Waals surface area contributed by atoms with Crippen molar-refractivity contribution in [2.24, 2.45) is 0 Å². The summed E-state index contributed by atoms with van der Waals surface area (Å²) in [4.78, 5) is 51.5. The fraction of sp³-hybridized carbons (Fsp3) is 0.375. The average molecular weight is 349 g/mol. The van der Waals surface area contributed by atoms with Crippen LogP contribution >= 0.6 is 11.8 Å². The number of benzene rings is 1. The second-order valence-electron chi connectivity index (χ2n) is 6.07. The quantitative estimate of drug-likeness (QED) is 0.627. The maximum Gasteiger partial charge on any atom is 0.327 e. The predicted molar refractivity (Wildman–Crippen MR) is 84.5 cm³/mol. The van der Waals surface area contributed by atoms with Crippen LogP contribution in [0.3, 0.4) is 0 Å². The van der Waals surface area contributed by atoms with Gasteiger partial charge in [0, 0.05) is 8.86 Å². The van der Waals surface area contributed by atoms with Gasteiger partial charge in [-0.05, 0) is 25.9 Å². The number of aliphatic carboxylic acids is 1. The Labute approximate surface area is 145 Å². The predicted octanol–water partition coefficient (Wildman–Crippen LogP) is 0.798. The lowest BCUT2D eigenvalue weighted by Crippen LogP contribution is -2.71. The van der Waals surface area contributed by atoms with Crippen LogP contribution in [0.2, 0.25) is 0 Å². The summed E-state index contributed by atoms with van der Waals surface area (Å²) >= 11 is 0.803. The van der Waals surface area contributed by atoms with Crippen LogP contribution in [0.5, 0.6) is 0 Å². The number of amides is 3. The number of nitrogens with zero attached hydrogens (tertiary/aromatic N) is 2. The Kier molecular flexibility index (Phi) is 2.31. The van der Waals surface area contributed by atoms with E-state index in [1.54, 1.807) is 12.1 Å². The van der Waals surface area contributed by atoms with E-state index >= 15 is 0 Å². The molecule has 3 aliphatic rings. The first kappa shape index (κ1) is 12.1. The van der Waals surface area contributed by atoms with Gasteiger partial charge in [0.15, 0.2) is 0 Å². The van der Waals surface area contributed by atoms with Crippen LogP contribution in [0.25, 0.3) is 0 Å². The Balaban J connectivity index is 1.72. The number of carbonyl (C=O) groups is 4. The third-order valence-corrected chi connectivity index (χ3v) is 5.99. The minimum absolute atomic E-state index is 0.171. The third-order valence-electron chi connectivity index (χ3n) is 4.55. The summed E-state index contributed by atoms with van der Waals surface area (Å²) in [5.41, 5.74) is 0.343. The third kappa shape index (κ3) is 1.69. The zero-order valence-corrected chi connectivity index (χ0v) is 13.2. The maximum absolute atomic E-state index is 12.7. The molecule has 0 unspecified atom stereocenters. The highest BCUT2D eigenvalue weighted by atomic mass is 32.2. The van der Waals surface area contributed by atoms with E-state index in [2.05, 4.69) is 0 Å². The number of imide groups is 1. The standard InChI is InChI=1S/C16H14N2O5S/c1-16(2)10(15(22)23)18-13(21)9(14(18)24-16)17-11(19)7-5-3-4-6-8(7)12(17)20/h3-6,9-10,14H,1-2H3,(H,22,23)/t9-,10+,14-/m1/s1/i1D3/t9-,10+,14-,16+. The van der Waals surface area contributed by atoms with Gasteiger partial charge in [0.1, 0.15) is 17.5 Å². The number of hydrogen-bond acceptors (Lipinski definition) is 5. The molecule has 124 valence electrons. The second kappa shape index (κ2) is 4.60. The minimum atomic E-state index is -2.66. The number of hydrogen-bond donors (Lipinski definition) is 1. The number of fused-ring (bicyclic) bond motifs is 2. The first-order valence-corrected chi connectivity index (χ1v) is 8.08. The first-order chi connectivity index (χ1) is 12.5. The van der Waals surface area contributed by atoms with E-state index in [4.69, 9.17) is 4.11 Å². The van der Waals surface area contributed by atoms with Gasteiger partial charge in [0.05, 0.1) is 11.1 Å². The number of rotatable bonds is 2. The largest absolute Gasteiger partial charge is 0.480 e. The van der Waals surface area contributed by atoms with Crippen molar-refractivity contribution in [3.8, 4) is 0 Å². The van der Waals surface area contributed by atoms with Crippen molar-refractivity contribution in [1.82, 2.24) is 9.80 Å². The summed E-state index contributed by atoms with van der Waals surface area (Å²) in [6.45, 7) is -1.39. The number of β-lactam (4-membered cyclic amide) rings is 1. The second-order valence-corrected chi connectivity index (χ2v) is 7.64. The molecule has 1 N–H and O–H groups in total. The first-order valence-electron chi connectivity index (χ1n) is 8.70. The smallest absolute Gasteiger partial charge is 0.327 e. The lowest BCUT2D eigenvalue weighted by atomic mass is 9.95. The summed E-state index contributed by atoms with van der Waals surface area (Å²) in [6, 6.07) is 3.36. The minimum Gasteiger partial charge on any atom is -0.480 e. The van der Waals surface area contributed by atoms with Gasteiger partial charge in [0.2, 0.25) is 0 Å². The summed E-state index contributed by atoms with van der Waals surface area (Å²) in [5, 5.41) is 8.63. The van der Waals surface area contributed by atoms with Crippen molar-refractivity contribution in [2.45, 2.75) is 36.0 Å². The van der Waals surface area contributed by atoms with Gasteiger partial charge >= 0.3 is 5.97 Å². The van der Waals surface area contributed by atoms with Crippen LogP contribution < -0.4 is 0 Å². The Morgan fingerprint density at radius 2 is 1.83 bits per heavy atom. The van der Waals surface area contributed by atoms with Gasteiger partial charge in [-0.1, -0.05) is 12.1 Å². The molecule has 24 heavy (non-hydrogen) atoms. The highest BCUT2D eigenvalue weighted by molar-refractivity contribution is 8.01. The monoisotopic (exact) mass is 349 g/mol. The van der Waals surface area contributed by atoms with E-state index in [0.717, 1.165) is 21.6 Å². The molecular weight excluding hydrogens is 332 g/mol. The lowest BCUT2D eigenvalue weighted by Gasteiger charge is -2.46. The summed E-state index contributed by atoms with van der Waals surface area (Å²) in [6.07, 6.45) is 0. The fourth-order valence-electron chi connectivity index (χ4n) is 3.50. The summed E-state index contributed by atoms with van der Waals surface area (Å²) in [5.74, 6) is -3.44. The molecule has 2 saturated heterocycles. The molecule has 2 fully saturated rings. The van der Waals surface area contributed by atoms with Crippen molar-refractivity contribution < 1.29 is 28.4 Å². The van der Waals surface area contributed by atoms with E-state index in [1.807, 2.05) is 0 Å². The number of carboxylic acid groups (broad SMARTS) is 1. The van der Waals surface area contributed by atoms with Crippen LogP contribution in [0, 0.1) is 0 Å². The molecule has 7 nitrogen and oxygen atoms in total. The molecule has 8 heteroatoms. The normalized spacial score (nSPS) is 36.6. The molecule has 0 saturated carbocycles. The van der Waals surface area contributed by atoms with E-state index < -0.39 is 52.7 Å². The summed E-state index contributed by atoms with van der Waals surface area (Å²) in [7, 11) is 0. The van der Waals surface area contributed by atoms with Gasteiger partial charge in [0.25, 0.3) is 17.7 Å². The van der Waals surface area contributed by atoms with Crippen molar-refractivity contribution in [3.63, 3.8) is 0 Å². The van der Waals surface area contributed by atoms with Gasteiger partial charge in [-0.25, -0.2) is 4.79 Å². The Morgan fingerprint density at radius 3 is 2.33 bits per heavy atom. The van der Waals surface area contributed by atoms with Gasteiger partial charge in [-0.2, -0.15) is 0 Å². The van der Waals surface area contributed by atoms with Crippen molar-refractivity contribution in [2.75, 3.05) is 0 Å². The highest BCUT2D eigenvalue weighted by Crippen LogP contribution is 2.52. The zero-order valence-electron chi connectivity index (χ0n) is 15.4. The van der Waals surface area contributed by atoms with Gasteiger partial charge < -0.3 is 10.0 Å². The van der Waals surface area contributed by atoms with Gasteiger partial charge in [-0.3, -0.25) is 19.3 Å². The molecule has 1 aromatic rings. The zero-order chi connectivity index (χ0) is 19.9. The van der Waals surface area contributed by atoms with Crippen LogP contribution in [0.4, 0.5) is 0 Å². The van der Waals surface area contributed by atoms with E-state index in [0.29, 0.717) is 0 Å². The van der Waals surface area contributed by atoms with Gasteiger partial charge in [-0.15, -0.1) is 11.8 Å². The van der Waals surface area contributed by atoms with Crippen molar-refractivity contribution in [1.29, 1.82) is 0 Å². The highest BCUT2D eigenvalue weighted by Gasteiger charge is 2.67. The number of carboxylic acids is 1. The van der Waals surface area contributed by atoms with Crippen molar-refractivity contribution in [3.05, 3.63) is 35.4 Å². The molecule has 4 rings (SSSR count). The average Bonchev–Trinajstić information content (AvgIpc) is 3.01. The molecule has 0 aliphatic carbocycles. The van der Waals surface area contributed by atoms with Crippen molar-refractivity contribution >= 4 is 35.5 Å². The molecule has 3 amide bonds. The number of thioether (sulfide) groups is 1. The molecule has 1 aromatic carbocycles. The number of carbonyl (C=O) groups excluding carboxylic acids is 3. The molecule has 0 radical (unpaired) electrons. The summed E-state index contributed by atoms with van der Waals surface area (Å²) < 4.78 is 21.5. The van der Waals surface area contributed by atoms with E-state index in [9.17, 15) is 24.3 Å². The molecule has 3 heterocycles. The van der Waals surface area contributed by atoms with Crippen LogP contribution in [-0.2, 0) is 9.59 Å². The Bertz CT molecular complexity index is 885. The molecule has 0 spiro atoms.